The number of alkyl halides is 3. The van der Waals surface area contributed by atoms with Gasteiger partial charge in [-0.3, -0.25) is 0 Å². The molecule has 3 aromatic rings. The molecule has 0 saturated carbocycles. The highest BCUT2D eigenvalue weighted by atomic mass is 32.2. The summed E-state index contributed by atoms with van der Waals surface area (Å²) in [5, 5.41) is 11.7. The summed E-state index contributed by atoms with van der Waals surface area (Å²) >= 11 is 0. The van der Waals surface area contributed by atoms with Gasteiger partial charge in [-0.2, -0.15) is 17.5 Å². The number of hydrogen-bond acceptors (Lipinski definition) is 7. The van der Waals surface area contributed by atoms with Gasteiger partial charge in [0.2, 0.25) is 10.0 Å². The second-order valence-electron chi connectivity index (χ2n) is 8.19. The summed E-state index contributed by atoms with van der Waals surface area (Å²) in [5.41, 5.74) is 1.86. The first kappa shape index (κ1) is 25.9. The molecule has 0 amide bonds. The number of fused-ring (bicyclic) bond motifs is 1. The molecule has 2 fully saturated rings. The molecule has 10 nitrogen and oxygen atoms in total. The minimum Gasteiger partial charge on any atom is -0.475 e. The van der Waals surface area contributed by atoms with Crippen molar-refractivity contribution in [3.05, 3.63) is 54.5 Å². The van der Waals surface area contributed by atoms with Gasteiger partial charge in [-0.05, 0) is 37.1 Å². The van der Waals surface area contributed by atoms with E-state index in [1.165, 1.54) is 17.1 Å². The zero-order valence-corrected chi connectivity index (χ0v) is 19.8. The Kier molecular flexibility index (Phi) is 7.47. The number of hydrogen-bond donors (Lipinski definition) is 1. The number of nitrogens with zero attached hydrogens (tertiary/aromatic N) is 5. The zero-order valence-electron chi connectivity index (χ0n) is 19.0. The number of aromatic nitrogens is 3. The molecule has 1 N–H and O–H groups in total. The lowest BCUT2D eigenvalue weighted by molar-refractivity contribution is -0.192. The molecule has 14 heteroatoms. The molecular formula is C22H24F3N5O5S. The minimum atomic E-state index is -5.08. The lowest BCUT2D eigenvalue weighted by atomic mass is 10.3. The average Bonchev–Trinajstić information content (AvgIpc) is 3.54. The molecule has 2 saturated heterocycles. The van der Waals surface area contributed by atoms with Crippen molar-refractivity contribution >= 4 is 27.3 Å². The monoisotopic (exact) mass is 527 g/mol. The number of aliphatic carboxylic acids is 1. The molecule has 36 heavy (non-hydrogen) atoms. The standard InChI is InChI=1S/C20H23N5O3S.C2HF3O2/c26-29(27,17-6-2-1-3-7-17)24-12-13-28-18(15-24)20-21-19-9-8-16(14-25(19)22-20)23-10-4-5-11-23;3-2(4,5)1(6)7/h1-3,6-9,14,18H,4-5,10-13,15H2;(H,6,7). The number of pyridine rings is 1. The van der Waals surface area contributed by atoms with Crippen LogP contribution in [0.4, 0.5) is 18.9 Å². The Morgan fingerprint density at radius 1 is 1.06 bits per heavy atom. The maximum atomic E-state index is 12.9. The zero-order chi connectivity index (χ0) is 25.9. The summed E-state index contributed by atoms with van der Waals surface area (Å²) in [6, 6.07) is 12.5. The van der Waals surface area contributed by atoms with Gasteiger partial charge in [0.1, 0.15) is 6.10 Å². The molecule has 2 aliphatic heterocycles. The first-order valence-electron chi connectivity index (χ1n) is 11.1. The van der Waals surface area contributed by atoms with Crippen LogP contribution >= 0.6 is 0 Å². The van der Waals surface area contributed by atoms with Crippen LogP contribution in [-0.4, -0.2) is 77.4 Å². The summed E-state index contributed by atoms with van der Waals surface area (Å²) in [4.78, 5) is 16.1. The van der Waals surface area contributed by atoms with Gasteiger partial charge in [0.15, 0.2) is 11.5 Å². The van der Waals surface area contributed by atoms with Crippen LogP contribution in [0, 0.1) is 0 Å². The van der Waals surface area contributed by atoms with Crippen molar-refractivity contribution in [1.29, 1.82) is 0 Å². The first-order valence-corrected chi connectivity index (χ1v) is 12.6. The summed E-state index contributed by atoms with van der Waals surface area (Å²) in [6.07, 6.45) is -1.17. The Morgan fingerprint density at radius 3 is 2.36 bits per heavy atom. The number of carbonyl (C=O) groups is 1. The number of sulfonamides is 1. The molecule has 5 rings (SSSR count). The van der Waals surface area contributed by atoms with E-state index in [4.69, 9.17) is 14.6 Å². The smallest absolute Gasteiger partial charge is 0.475 e. The van der Waals surface area contributed by atoms with Crippen molar-refractivity contribution in [3.8, 4) is 0 Å². The van der Waals surface area contributed by atoms with Crippen LogP contribution in [0.1, 0.15) is 24.8 Å². The van der Waals surface area contributed by atoms with Crippen molar-refractivity contribution < 1.29 is 36.2 Å². The lowest BCUT2D eigenvalue weighted by Crippen LogP contribution is -2.42. The molecule has 1 aromatic carbocycles. The second-order valence-corrected chi connectivity index (χ2v) is 10.1. The van der Waals surface area contributed by atoms with E-state index in [2.05, 4.69) is 21.0 Å². The number of rotatable bonds is 4. The Morgan fingerprint density at radius 2 is 1.72 bits per heavy atom. The third-order valence-corrected chi connectivity index (χ3v) is 7.62. The van der Waals surface area contributed by atoms with E-state index in [1.807, 2.05) is 12.3 Å². The van der Waals surface area contributed by atoms with Crippen molar-refractivity contribution in [2.75, 3.05) is 37.7 Å². The maximum absolute atomic E-state index is 12.9. The van der Waals surface area contributed by atoms with Crippen molar-refractivity contribution in [1.82, 2.24) is 18.9 Å². The molecule has 4 heterocycles. The number of carboxylic acids is 1. The Hall–Kier alpha value is -3.23. The average molecular weight is 528 g/mol. The van der Waals surface area contributed by atoms with Gasteiger partial charge < -0.3 is 14.7 Å². The SMILES string of the molecule is O=C(O)C(F)(F)F.O=S(=O)(c1ccccc1)N1CCOC(c2nc3ccc(N4CCCC4)cn3n2)C1. The van der Waals surface area contributed by atoms with E-state index in [1.54, 1.807) is 34.8 Å². The first-order chi connectivity index (χ1) is 17.1. The molecule has 1 unspecified atom stereocenters. The highest BCUT2D eigenvalue weighted by Crippen LogP contribution is 2.26. The quantitative estimate of drug-likeness (QED) is 0.551. The van der Waals surface area contributed by atoms with Gasteiger partial charge in [-0.1, -0.05) is 18.2 Å². The fourth-order valence-corrected chi connectivity index (χ4v) is 5.38. The highest BCUT2D eigenvalue weighted by Gasteiger charge is 2.38. The molecule has 0 aliphatic carbocycles. The van der Waals surface area contributed by atoms with Gasteiger partial charge in [-0.25, -0.2) is 22.7 Å². The van der Waals surface area contributed by atoms with Gasteiger partial charge in [-0.15, -0.1) is 5.10 Å². The molecular weight excluding hydrogens is 503 g/mol. The second kappa shape index (κ2) is 10.4. The summed E-state index contributed by atoms with van der Waals surface area (Å²) in [6.45, 7) is 2.95. The normalized spacial score (nSPS) is 19.2. The van der Waals surface area contributed by atoms with E-state index in [9.17, 15) is 21.6 Å². The number of ether oxygens (including phenoxy) is 1. The molecule has 2 aliphatic rings. The van der Waals surface area contributed by atoms with E-state index >= 15 is 0 Å². The van der Waals surface area contributed by atoms with Crippen LogP contribution in [0.5, 0.6) is 0 Å². The Balaban J connectivity index is 0.000000384. The van der Waals surface area contributed by atoms with E-state index in [-0.39, 0.29) is 6.54 Å². The maximum Gasteiger partial charge on any atom is 0.490 e. The largest absolute Gasteiger partial charge is 0.490 e. The number of morpholine rings is 1. The van der Waals surface area contributed by atoms with Crippen LogP contribution in [0.25, 0.3) is 5.65 Å². The third-order valence-electron chi connectivity index (χ3n) is 5.74. The summed E-state index contributed by atoms with van der Waals surface area (Å²) in [5.74, 6) is -2.25. The topological polar surface area (TPSA) is 117 Å². The van der Waals surface area contributed by atoms with E-state index in [0.29, 0.717) is 23.9 Å². The lowest BCUT2D eigenvalue weighted by Gasteiger charge is -2.30. The number of carboxylic acid groups (broad SMARTS) is 1. The fraction of sp³-hybridized carbons (Fsp3) is 0.409. The number of halogens is 3. The predicted octanol–water partition coefficient (Wildman–Crippen LogP) is 2.73. The van der Waals surface area contributed by atoms with Crippen molar-refractivity contribution in [2.24, 2.45) is 0 Å². The molecule has 0 bridgehead atoms. The Labute approximate surface area is 205 Å². The van der Waals surface area contributed by atoms with Crippen molar-refractivity contribution in [3.63, 3.8) is 0 Å². The third kappa shape index (κ3) is 5.77. The number of anilines is 1. The van der Waals surface area contributed by atoms with E-state index in [0.717, 1.165) is 24.4 Å². The predicted molar refractivity (Wildman–Crippen MR) is 122 cm³/mol. The van der Waals surface area contributed by atoms with Crippen LogP contribution in [0.3, 0.4) is 0 Å². The molecule has 1 atom stereocenters. The van der Waals surface area contributed by atoms with Crippen molar-refractivity contribution in [2.45, 2.75) is 30.0 Å². The number of benzene rings is 1. The molecule has 2 aromatic heterocycles. The summed E-state index contributed by atoms with van der Waals surface area (Å²) < 4.78 is 66.7. The van der Waals surface area contributed by atoms with Crippen LogP contribution in [0.2, 0.25) is 0 Å². The Bertz CT molecular complexity index is 1310. The minimum absolute atomic E-state index is 0.201. The van der Waals surface area contributed by atoms with Crippen LogP contribution in [-0.2, 0) is 19.6 Å². The fourth-order valence-electron chi connectivity index (χ4n) is 3.93. The van der Waals surface area contributed by atoms with Gasteiger partial charge in [0.05, 0.1) is 23.4 Å². The molecule has 0 spiro atoms. The highest BCUT2D eigenvalue weighted by molar-refractivity contribution is 7.89. The van der Waals surface area contributed by atoms with Gasteiger partial charge >= 0.3 is 12.1 Å². The molecule has 194 valence electrons. The van der Waals surface area contributed by atoms with E-state index < -0.39 is 28.3 Å². The van der Waals surface area contributed by atoms with Gasteiger partial charge in [0, 0.05) is 26.2 Å². The van der Waals surface area contributed by atoms with Crippen LogP contribution < -0.4 is 4.90 Å². The van der Waals surface area contributed by atoms with Gasteiger partial charge in [0.25, 0.3) is 0 Å². The summed E-state index contributed by atoms with van der Waals surface area (Å²) in [7, 11) is -3.57. The van der Waals surface area contributed by atoms with Crippen LogP contribution in [0.15, 0.2) is 53.6 Å². The molecule has 0 radical (unpaired) electrons.